The molecule has 0 aliphatic heterocycles. The molecular formula is C42H51N3O5. The summed E-state index contributed by atoms with van der Waals surface area (Å²) in [5.74, 6) is -1.17. The maximum atomic E-state index is 13.9. The zero-order chi connectivity index (χ0) is 35.7. The number of carbonyl (C=O) groups excluding carboxylic acids is 3. The number of benzene rings is 4. The van der Waals surface area contributed by atoms with Crippen LogP contribution in [0.5, 0.6) is 0 Å². The third-order valence-corrected chi connectivity index (χ3v) is 8.76. The Bertz CT molecular complexity index is 1610. The molecule has 1 aliphatic carbocycles. The lowest BCUT2D eigenvalue weighted by atomic mass is 9.90. The zero-order valence-corrected chi connectivity index (χ0v) is 29.5. The van der Waals surface area contributed by atoms with Crippen LogP contribution in [0.25, 0.3) is 11.1 Å². The summed E-state index contributed by atoms with van der Waals surface area (Å²) in [6.07, 6.45) is 2.99. The second kappa shape index (κ2) is 20.0. The standard InChI is InChI=1S/C39H43N3O5.C3H8/c1-40-22-10-9-13-29(38(45)41-30-20-18-28(25-43)19-21-30)24-37(44)36(23-27-11-3-2-4-12-27)42-39(46)47-26-35-33-16-7-5-14-31(33)32-15-6-8-17-34(32)35;1-3-2/h2-8,11-12,14-21,29,35-36,40,43H,9-10,13,22-26H2,1H3,(H,41,45)(H,42,46);3H2,1-2H3/t29-,36+;/m1./s1. The number of aliphatic hydroxyl groups excluding tert-OH is 1. The number of nitrogens with one attached hydrogen (secondary N) is 3. The van der Waals surface area contributed by atoms with Crippen molar-refractivity contribution in [1.82, 2.24) is 10.6 Å². The Hall–Kier alpha value is -4.79. The molecule has 0 saturated carbocycles. The number of ether oxygens (including phenoxy) is 1. The first kappa shape index (κ1) is 38.0. The van der Waals surface area contributed by atoms with Gasteiger partial charge in [0.1, 0.15) is 6.61 Å². The lowest BCUT2D eigenvalue weighted by Gasteiger charge is -2.22. The first-order chi connectivity index (χ1) is 24.4. The van der Waals surface area contributed by atoms with Gasteiger partial charge >= 0.3 is 6.09 Å². The van der Waals surface area contributed by atoms with Gasteiger partial charge in [-0.05, 0) is 78.4 Å². The number of amides is 2. The van der Waals surface area contributed by atoms with Crippen LogP contribution in [0, 0.1) is 5.92 Å². The van der Waals surface area contributed by atoms with Crippen molar-refractivity contribution < 1.29 is 24.2 Å². The van der Waals surface area contributed by atoms with Gasteiger partial charge < -0.3 is 25.8 Å². The van der Waals surface area contributed by atoms with Crippen LogP contribution in [-0.4, -0.2) is 49.1 Å². The highest BCUT2D eigenvalue weighted by Gasteiger charge is 2.31. The molecule has 0 heterocycles. The summed E-state index contributed by atoms with van der Waals surface area (Å²) in [6, 6.07) is 31.9. The Morgan fingerprint density at radius 1 is 0.780 bits per heavy atom. The number of alkyl carbamates (subject to hydrolysis) is 1. The molecule has 0 saturated heterocycles. The van der Waals surface area contributed by atoms with Crippen molar-refractivity contribution in [1.29, 1.82) is 0 Å². The fourth-order valence-electron chi connectivity index (χ4n) is 6.22. The van der Waals surface area contributed by atoms with Gasteiger partial charge in [0.05, 0.1) is 12.6 Å². The molecule has 0 bridgehead atoms. The van der Waals surface area contributed by atoms with E-state index in [1.807, 2.05) is 61.6 Å². The van der Waals surface area contributed by atoms with Gasteiger partial charge in [-0.1, -0.05) is 118 Å². The molecule has 1 aliphatic rings. The second-order valence-electron chi connectivity index (χ2n) is 12.7. The topological polar surface area (TPSA) is 117 Å². The first-order valence-corrected chi connectivity index (χ1v) is 17.7. The number of carbonyl (C=O) groups is 3. The molecule has 0 aromatic heterocycles. The van der Waals surface area contributed by atoms with Crippen LogP contribution < -0.4 is 16.0 Å². The van der Waals surface area contributed by atoms with Crippen LogP contribution >= 0.6 is 0 Å². The van der Waals surface area contributed by atoms with Crippen LogP contribution in [-0.2, 0) is 27.4 Å². The average molecular weight is 678 g/mol. The Balaban J connectivity index is 0.00000181. The number of anilines is 1. The average Bonchev–Trinajstić information content (AvgIpc) is 3.46. The van der Waals surface area contributed by atoms with Crippen molar-refractivity contribution in [2.45, 2.75) is 70.9 Å². The maximum absolute atomic E-state index is 13.9. The Morgan fingerprint density at radius 2 is 1.38 bits per heavy atom. The van der Waals surface area contributed by atoms with Crippen molar-refractivity contribution in [3.8, 4) is 11.1 Å². The predicted molar refractivity (Wildman–Crippen MR) is 200 cm³/mol. The molecule has 4 aromatic carbocycles. The van der Waals surface area contributed by atoms with Gasteiger partial charge in [-0.3, -0.25) is 9.59 Å². The number of ketones is 1. The second-order valence-corrected chi connectivity index (χ2v) is 12.7. The monoisotopic (exact) mass is 677 g/mol. The molecule has 0 spiro atoms. The van der Waals surface area contributed by atoms with Crippen molar-refractivity contribution in [3.05, 3.63) is 125 Å². The summed E-state index contributed by atoms with van der Waals surface area (Å²) in [6.45, 7) is 5.11. The van der Waals surface area contributed by atoms with Crippen LogP contribution in [0.1, 0.15) is 74.1 Å². The van der Waals surface area contributed by atoms with E-state index in [0.29, 0.717) is 12.1 Å². The molecule has 4 aromatic rings. The quantitative estimate of drug-likeness (QED) is 0.0906. The van der Waals surface area contributed by atoms with Crippen LogP contribution in [0.4, 0.5) is 10.5 Å². The molecule has 2 amide bonds. The SMILES string of the molecule is CCC.CNCCCC[C@H](CC(=O)[C@H](Cc1ccccc1)NC(=O)OCC1c2ccccc2-c2ccccc21)C(=O)Nc1ccc(CO)cc1. The van der Waals surface area contributed by atoms with Crippen molar-refractivity contribution in [3.63, 3.8) is 0 Å². The van der Waals surface area contributed by atoms with E-state index in [0.717, 1.165) is 52.8 Å². The highest BCUT2D eigenvalue weighted by molar-refractivity contribution is 5.97. The molecule has 50 heavy (non-hydrogen) atoms. The third-order valence-electron chi connectivity index (χ3n) is 8.76. The summed E-state index contributed by atoms with van der Waals surface area (Å²) < 4.78 is 5.79. The molecule has 8 nitrogen and oxygen atoms in total. The smallest absolute Gasteiger partial charge is 0.407 e. The van der Waals surface area contributed by atoms with Crippen molar-refractivity contribution in [2.24, 2.45) is 5.92 Å². The van der Waals surface area contributed by atoms with Gasteiger partial charge in [0.15, 0.2) is 5.78 Å². The minimum Gasteiger partial charge on any atom is -0.449 e. The van der Waals surface area contributed by atoms with Crippen molar-refractivity contribution in [2.75, 3.05) is 25.5 Å². The lowest BCUT2D eigenvalue weighted by molar-refractivity contribution is -0.127. The van der Waals surface area contributed by atoms with E-state index < -0.39 is 18.1 Å². The van der Waals surface area contributed by atoms with E-state index in [1.165, 1.54) is 6.42 Å². The molecule has 0 unspecified atom stereocenters. The molecule has 0 radical (unpaired) electrons. The van der Waals surface area contributed by atoms with E-state index >= 15 is 0 Å². The molecule has 264 valence electrons. The number of hydrogen-bond acceptors (Lipinski definition) is 6. The van der Waals surface area contributed by atoms with Crippen LogP contribution in [0.3, 0.4) is 0 Å². The molecule has 8 heteroatoms. The van der Waals surface area contributed by atoms with E-state index in [2.05, 4.69) is 54.1 Å². The Labute approximate surface area is 296 Å². The zero-order valence-electron chi connectivity index (χ0n) is 29.5. The number of hydrogen-bond donors (Lipinski definition) is 4. The summed E-state index contributed by atoms with van der Waals surface area (Å²) in [5.41, 5.74) is 6.72. The largest absolute Gasteiger partial charge is 0.449 e. The molecule has 5 rings (SSSR count). The summed E-state index contributed by atoms with van der Waals surface area (Å²) in [5, 5.41) is 18.3. The van der Waals surface area contributed by atoms with Crippen LogP contribution in [0.2, 0.25) is 0 Å². The van der Waals surface area contributed by atoms with Gasteiger partial charge in [-0.2, -0.15) is 0 Å². The van der Waals surface area contributed by atoms with Gasteiger partial charge in [0.25, 0.3) is 0 Å². The van der Waals surface area contributed by atoms with Gasteiger partial charge in [-0.15, -0.1) is 0 Å². The van der Waals surface area contributed by atoms with E-state index in [9.17, 15) is 19.5 Å². The number of fused-ring (bicyclic) bond motifs is 3. The number of rotatable bonds is 16. The highest BCUT2D eigenvalue weighted by atomic mass is 16.5. The molecule has 2 atom stereocenters. The first-order valence-electron chi connectivity index (χ1n) is 17.7. The van der Waals surface area contributed by atoms with E-state index in [4.69, 9.17) is 4.74 Å². The van der Waals surface area contributed by atoms with Crippen molar-refractivity contribution >= 4 is 23.5 Å². The molecular weight excluding hydrogens is 626 g/mol. The normalized spacial score (nSPS) is 12.8. The summed E-state index contributed by atoms with van der Waals surface area (Å²) in [7, 11) is 1.88. The van der Waals surface area contributed by atoms with Gasteiger partial charge in [-0.25, -0.2) is 4.79 Å². The number of unbranched alkanes of at least 4 members (excludes halogenated alkanes) is 1. The highest BCUT2D eigenvalue weighted by Crippen LogP contribution is 2.44. The molecule has 4 N–H and O–H groups in total. The number of Topliss-reactive ketones (excluding diaryl/α,β-unsaturated/α-hetero) is 1. The van der Waals surface area contributed by atoms with Gasteiger partial charge in [0.2, 0.25) is 5.91 Å². The minimum atomic E-state index is -0.871. The Morgan fingerprint density at radius 3 is 1.98 bits per heavy atom. The fourth-order valence-corrected chi connectivity index (χ4v) is 6.22. The number of aliphatic hydroxyl groups is 1. The van der Waals surface area contributed by atoms with Crippen LogP contribution in [0.15, 0.2) is 103 Å². The van der Waals surface area contributed by atoms with Gasteiger partial charge in [0, 0.05) is 23.9 Å². The predicted octanol–water partition coefficient (Wildman–Crippen LogP) is 7.65. The summed E-state index contributed by atoms with van der Waals surface area (Å²) >= 11 is 0. The third kappa shape index (κ3) is 10.9. The van der Waals surface area contributed by atoms with E-state index in [1.54, 1.807) is 24.3 Å². The Kier molecular flexibility index (Phi) is 15.2. The maximum Gasteiger partial charge on any atom is 0.407 e. The lowest BCUT2D eigenvalue weighted by Crippen LogP contribution is -2.44. The fraction of sp³-hybridized carbons (Fsp3) is 0.357. The van der Waals surface area contributed by atoms with E-state index in [-0.39, 0.29) is 43.7 Å². The minimum absolute atomic E-state index is 0.0265. The summed E-state index contributed by atoms with van der Waals surface area (Å²) in [4.78, 5) is 40.7. The molecule has 0 fully saturated rings.